The van der Waals surface area contributed by atoms with Gasteiger partial charge in [-0.25, -0.2) is 4.39 Å². The van der Waals surface area contributed by atoms with Gasteiger partial charge in [0.05, 0.1) is 32.8 Å². The van der Waals surface area contributed by atoms with E-state index in [1.165, 1.54) is 18.0 Å². The minimum atomic E-state index is -4.28. The van der Waals surface area contributed by atoms with Crippen LogP contribution in [-0.2, 0) is 4.74 Å². The maximum atomic E-state index is 13.7. The van der Waals surface area contributed by atoms with Crippen molar-refractivity contribution in [3.63, 3.8) is 0 Å². The molecule has 0 radical (unpaired) electrons. The average molecular weight is 564 g/mol. The number of likely N-dealkylation sites (tertiary alicyclic amines) is 1. The zero-order valence-electron chi connectivity index (χ0n) is 19.0. The van der Waals surface area contributed by atoms with Crippen LogP contribution in [0.2, 0.25) is 0 Å². The molecule has 2 aliphatic carbocycles. The van der Waals surface area contributed by atoms with Gasteiger partial charge in [0.15, 0.2) is 0 Å². The number of allylic oxidation sites excluding steroid dienone is 3. The van der Waals surface area contributed by atoms with E-state index in [0.717, 1.165) is 38.0 Å². The maximum absolute atomic E-state index is 13.7. The highest BCUT2D eigenvalue weighted by atomic mass is 35.5. The van der Waals surface area contributed by atoms with Crippen LogP contribution in [0.1, 0.15) is 38.5 Å². The Bertz CT molecular complexity index is 751. The molecule has 2 saturated heterocycles. The molecule has 4 rings (SSSR count). The van der Waals surface area contributed by atoms with Crippen LogP contribution in [0.5, 0.6) is 0 Å². The minimum Gasteiger partial charge on any atom is -0.374 e. The van der Waals surface area contributed by atoms with Gasteiger partial charge in [0, 0.05) is 25.2 Å². The number of nitrogens with zero attached hydrogens (tertiary/aromatic N) is 1. The van der Waals surface area contributed by atoms with E-state index in [4.69, 9.17) is 27.9 Å². The van der Waals surface area contributed by atoms with Crippen LogP contribution in [0.3, 0.4) is 0 Å². The molecular formula is C23H32Cl2F4N2OS2. The summed E-state index contributed by atoms with van der Waals surface area (Å²) < 4.78 is 64.1. The van der Waals surface area contributed by atoms with Crippen LogP contribution in [0, 0.1) is 17.8 Å². The summed E-state index contributed by atoms with van der Waals surface area (Å²) in [6, 6.07) is 0. The van der Waals surface area contributed by atoms with Gasteiger partial charge in [-0.2, -0.15) is 13.2 Å². The summed E-state index contributed by atoms with van der Waals surface area (Å²) in [6.45, 7) is 1.69. The van der Waals surface area contributed by atoms with Gasteiger partial charge in [-0.1, -0.05) is 18.2 Å². The Kier molecular flexibility index (Phi) is 9.39. The Balaban J connectivity index is 1.31. The second kappa shape index (κ2) is 11.7. The van der Waals surface area contributed by atoms with Gasteiger partial charge in [-0.3, -0.25) is 0 Å². The molecule has 34 heavy (non-hydrogen) atoms. The first kappa shape index (κ1) is 27.2. The molecule has 194 valence electrons. The third kappa shape index (κ3) is 6.94. The Hall–Kier alpha value is 0.200. The van der Waals surface area contributed by atoms with E-state index < -0.39 is 29.7 Å². The Morgan fingerprint density at radius 1 is 1.18 bits per heavy atom. The molecule has 8 atom stereocenters. The Morgan fingerprint density at radius 3 is 2.59 bits per heavy atom. The maximum Gasteiger partial charge on any atom is 0.394 e. The second-order valence-electron chi connectivity index (χ2n) is 9.78. The van der Waals surface area contributed by atoms with Crippen molar-refractivity contribution in [2.24, 2.45) is 17.8 Å². The summed E-state index contributed by atoms with van der Waals surface area (Å²) in [4.78, 5) is 2.18. The normalized spacial score (nSPS) is 40.4. The molecule has 0 bridgehead atoms. The van der Waals surface area contributed by atoms with Gasteiger partial charge < -0.3 is 14.4 Å². The molecule has 2 fully saturated rings. The summed E-state index contributed by atoms with van der Waals surface area (Å²) in [6.07, 6.45) is 1.79. The summed E-state index contributed by atoms with van der Waals surface area (Å²) in [5, 5.41) is -0.524. The third-order valence-corrected chi connectivity index (χ3v) is 10.9. The lowest BCUT2D eigenvalue weighted by Gasteiger charge is -2.37. The van der Waals surface area contributed by atoms with Crippen molar-refractivity contribution in [1.82, 2.24) is 9.62 Å². The summed E-state index contributed by atoms with van der Waals surface area (Å²) in [5.41, 5.74) is 0.789. The zero-order valence-corrected chi connectivity index (χ0v) is 22.2. The number of piperidine rings is 1. The number of alkyl halides is 6. The smallest absolute Gasteiger partial charge is 0.374 e. The van der Waals surface area contributed by atoms with Gasteiger partial charge in [-0.05, 0) is 62.9 Å². The lowest BCUT2D eigenvalue weighted by atomic mass is 9.83. The largest absolute Gasteiger partial charge is 0.394 e. The molecule has 0 amide bonds. The Morgan fingerprint density at radius 2 is 1.91 bits per heavy atom. The molecule has 2 aliphatic heterocycles. The van der Waals surface area contributed by atoms with Crippen molar-refractivity contribution >= 4 is 46.9 Å². The third-order valence-electron chi connectivity index (χ3n) is 7.28. The van der Waals surface area contributed by atoms with Gasteiger partial charge >= 0.3 is 6.18 Å². The minimum absolute atomic E-state index is 0.0728. The van der Waals surface area contributed by atoms with Crippen LogP contribution in [0.25, 0.3) is 0 Å². The van der Waals surface area contributed by atoms with E-state index in [1.54, 1.807) is 17.8 Å². The topological polar surface area (TPSA) is 24.5 Å². The summed E-state index contributed by atoms with van der Waals surface area (Å²) in [5.74, 6) is -1.14. The lowest BCUT2D eigenvalue weighted by Crippen LogP contribution is -2.43. The van der Waals surface area contributed by atoms with E-state index in [1.807, 2.05) is 13.1 Å². The molecule has 0 spiro atoms. The summed E-state index contributed by atoms with van der Waals surface area (Å²) >= 11 is 15.9. The summed E-state index contributed by atoms with van der Waals surface area (Å²) in [7, 11) is 2.02. The fraction of sp³-hybridized carbons (Fsp3) is 0.826. The standard InChI is InChI=1S/C23H32Cl2F4N2OS2/c1-31-8-6-15(7-9-31)32-20-11-14(3-4-17(20)23(27,28)29)30-34-21-12-16(22(25)33-21)13-2-5-19(26)18(24)10-13/h2-3,5,13,15-22,30H,4,6-12H2,1H3. The molecular weight excluding hydrogens is 531 g/mol. The highest BCUT2D eigenvalue weighted by molar-refractivity contribution is 8.17. The second-order valence-corrected chi connectivity index (χ2v) is 13.7. The molecule has 11 heteroatoms. The van der Waals surface area contributed by atoms with E-state index >= 15 is 0 Å². The van der Waals surface area contributed by atoms with Gasteiger partial charge in [0.1, 0.15) is 6.17 Å². The van der Waals surface area contributed by atoms with Crippen molar-refractivity contribution in [3.8, 4) is 0 Å². The Labute approximate surface area is 217 Å². The van der Waals surface area contributed by atoms with E-state index in [2.05, 4.69) is 9.62 Å². The number of rotatable bonds is 6. The first-order valence-electron chi connectivity index (χ1n) is 11.9. The molecule has 8 unspecified atom stereocenters. The molecule has 0 aromatic rings. The highest BCUT2D eigenvalue weighted by Gasteiger charge is 2.47. The molecule has 0 aromatic carbocycles. The molecule has 3 nitrogen and oxygen atoms in total. The van der Waals surface area contributed by atoms with Gasteiger partial charge in [0.2, 0.25) is 0 Å². The van der Waals surface area contributed by atoms with Gasteiger partial charge in [-0.15, -0.1) is 35.0 Å². The quantitative estimate of drug-likeness (QED) is 0.167. The van der Waals surface area contributed by atoms with Crippen molar-refractivity contribution in [3.05, 3.63) is 23.9 Å². The predicted molar refractivity (Wildman–Crippen MR) is 134 cm³/mol. The molecule has 0 saturated carbocycles. The van der Waals surface area contributed by atoms with Crippen LogP contribution in [0.4, 0.5) is 17.6 Å². The first-order chi connectivity index (χ1) is 16.1. The van der Waals surface area contributed by atoms with E-state index in [9.17, 15) is 17.6 Å². The number of halogens is 6. The monoisotopic (exact) mass is 562 g/mol. The molecule has 0 aromatic heterocycles. The fourth-order valence-electron chi connectivity index (χ4n) is 5.17. The molecule has 2 heterocycles. The van der Waals surface area contributed by atoms with Crippen molar-refractivity contribution in [2.45, 2.75) is 77.7 Å². The van der Waals surface area contributed by atoms with Crippen LogP contribution in [0.15, 0.2) is 23.9 Å². The number of thioether (sulfide) groups is 1. The van der Waals surface area contributed by atoms with Crippen molar-refractivity contribution in [1.29, 1.82) is 0 Å². The number of nitrogens with one attached hydrogen (secondary N) is 1. The first-order valence-corrected chi connectivity index (χ1v) is 14.6. The number of hydrogen-bond acceptors (Lipinski definition) is 5. The van der Waals surface area contributed by atoms with E-state index in [0.29, 0.717) is 6.42 Å². The lowest BCUT2D eigenvalue weighted by molar-refractivity contribution is -0.216. The highest BCUT2D eigenvalue weighted by Crippen LogP contribution is 2.50. The van der Waals surface area contributed by atoms with E-state index in [-0.39, 0.29) is 40.1 Å². The van der Waals surface area contributed by atoms with Crippen LogP contribution in [-0.4, -0.2) is 64.3 Å². The SMILES string of the molecule is CN1CCC(OC2CC(NSC3CC(C4C=CC(F)C(Cl)C4)C(Cl)S3)=CCC2C(F)(F)F)CC1. The number of hydrogen-bond donors (Lipinski definition) is 1. The molecule has 4 aliphatic rings. The average Bonchev–Trinajstić information content (AvgIpc) is 3.15. The zero-order chi connectivity index (χ0) is 24.5. The molecule has 1 N–H and O–H groups in total. The predicted octanol–water partition coefficient (Wildman–Crippen LogP) is 6.73. The van der Waals surface area contributed by atoms with Crippen LogP contribution < -0.4 is 4.72 Å². The van der Waals surface area contributed by atoms with Crippen molar-refractivity contribution < 1.29 is 22.3 Å². The van der Waals surface area contributed by atoms with Crippen molar-refractivity contribution in [2.75, 3.05) is 20.1 Å². The van der Waals surface area contributed by atoms with Crippen LogP contribution >= 0.6 is 46.9 Å². The number of ether oxygens (including phenoxy) is 1. The fourth-order valence-corrected chi connectivity index (χ4v) is 8.94. The van der Waals surface area contributed by atoms with Gasteiger partial charge in [0.25, 0.3) is 0 Å².